The maximum Gasteiger partial charge on any atom is 0.164 e. The fourth-order valence-corrected chi connectivity index (χ4v) is 7.89. The number of fused-ring (bicyclic) bond motifs is 5. The van der Waals surface area contributed by atoms with E-state index < -0.39 is 17.1 Å². The van der Waals surface area contributed by atoms with E-state index in [1.165, 1.54) is 12.5 Å². The molecule has 3 fully saturated rings. The molecule has 0 spiro atoms. The summed E-state index contributed by atoms with van der Waals surface area (Å²) in [5.41, 5.74) is 0.00968. The molecule has 4 aliphatic carbocycles. The van der Waals surface area contributed by atoms with E-state index in [-0.39, 0.29) is 28.7 Å². The molecule has 5 heteroatoms. The number of aliphatic hydroxyl groups excluding tert-OH is 1. The Hall–Kier alpha value is -2.11. The highest BCUT2D eigenvalue weighted by Gasteiger charge is 2.69. The molecule has 184 valence electrons. The Labute approximate surface area is 202 Å². The average molecular weight is 467 g/mol. The van der Waals surface area contributed by atoms with Gasteiger partial charge in [-0.3, -0.25) is 14.4 Å². The third-order valence-electron chi connectivity index (χ3n) is 9.90. The van der Waals surface area contributed by atoms with E-state index in [1.54, 1.807) is 6.92 Å². The van der Waals surface area contributed by atoms with Gasteiger partial charge >= 0.3 is 0 Å². The van der Waals surface area contributed by atoms with Crippen LogP contribution in [0.5, 0.6) is 0 Å². The first-order valence-corrected chi connectivity index (χ1v) is 12.7. The van der Waals surface area contributed by atoms with E-state index in [2.05, 4.69) is 6.92 Å². The fraction of sp³-hybridized carbons (Fsp3) is 0.621. The van der Waals surface area contributed by atoms with Gasteiger partial charge in [-0.1, -0.05) is 49.8 Å². The van der Waals surface area contributed by atoms with Crippen LogP contribution in [0, 0.1) is 28.6 Å². The molecule has 2 N–H and O–H groups in total. The maximum atomic E-state index is 12.3. The van der Waals surface area contributed by atoms with Crippen LogP contribution >= 0.6 is 0 Å². The van der Waals surface area contributed by atoms with Gasteiger partial charge in [-0.05, 0) is 81.6 Å². The van der Waals surface area contributed by atoms with Gasteiger partial charge in [-0.15, -0.1) is 0 Å². The summed E-state index contributed by atoms with van der Waals surface area (Å²) in [7, 11) is 0. The van der Waals surface area contributed by atoms with Gasteiger partial charge in [0.2, 0.25) is 0 Å². The van der Waals surface area contributed by atoms with Gasteiger partial charge in [0, 0.05) is 17.4 Å². The van der Waals surface area contributed by atoms with E-state index in [0.29, 0.717) is 24.7 Å². The molecule has 0 radical (unpaired) electrons. The Morgan fingerprint density at radius 1 is 0.971 bits per heavy atom. The lowest BCUT2D eigenvalue weighted by Crippen LogP contribution is -2.59. The molecule has 4 aliphatic rings. The van der Waals surface area contributed by atoms with Crippen molar-refractivity contribution in [3.05, 3.63) is 47.5 Å². The molecular formula is C29H38O5. The molecule has 3 saturated carbocycles. The minimum atomic E-state index is -1.61. The third kappa shape index (κ3) is 3.72. The number of aliphatic hydroxyl groups is 2. The van der Waals surface area contributed by atoms with Crippen molar-refractivity contribution >= 4 is 17.3 Å². The van der Waals surface area contributed by atoms with Crippen molar-refractivity contribution in [3.8, 4) is 0 Å². The molecular weight excluding hydrogens is 428 g/mol. The van der Waals surface area contributed by atoms with E-state index in [4.69, 9.17) is 0 Å². The first-order chi connectivity index (χ1) is 15.9. The minimum Gasteiger partial charge on any atom is -0.390 e. The molecule has 7 atom stereocenters. The maximum absolute atomic E-state index is 12.3. The molecule has 1 aromatic rings. The highest BCUT2D eigenvalue weighted by atomic mass is 16.4. The van der Waals surface area contributed by atoms with Crippen LogP contribution in [-0.4, -0.2) is 39.3 Å². The summed E-state index contributed by atoms with van der Waals surface area (Å²) in [5, 5.41) is 21.8. The second-order valence-corrected chi connectivity index (χ2v) is 11.4. The van der Waals surface area contributed by atoms with Crippen molar-refractivity contribution < 1.29 is 24.6 Å². The van der Waals surface area contributed by atoms with Gasteiger partial charge in [0.25, 0.3) is 0 Å². The van der Waals surface area contributed by atoms with Crippen LogP contribution in [0.4, 0.5) is 0 Å². The van der Waals surface area contributed by atoms with E-state index in [0.717, 1.165) is 37.7 Å². The zero-order chi connectivity index (χ0) is 24.9. The Bertz CT molecular complexity index is 1010. The summed E-state index contributed by atoms with van der Waals surface area (Å²) in [4.78, 5) is 34.8. The number of hydrogen-bond donors (Lipinski definition) is 2. The Kier molecular flexibility index (Phi) is 6.50. The van der Waals surface area contributed by atoms with Crippen LogP contribution in [0.25, 0.3) is 0 Å². The standard InChI is InChI=1S/C21H30O4.C8H8O/c1-12(22)21(25)18(24)11-17-15-5-4-13-10-14(23)6-8-19(13,2)16(15)7-9-20(17,21)3;1-7(9)8-5-3-2-4-6-8/h10,15-18,24-25H,4-9,11H2,1-3H3;2-6H,1H3/t15-,16+,17+,18-,19+,20+,21-;/m1./s1. The number of allylic oxidation sites excluding steroid dienone is 1. The molecule has 5 nitrogen and oxygen atoms in total. The number of Topliss-reactive ketones (excluding diaryl/α,β-unsaturated/α-hetero) is 2. The molecule has 34 heavy (non-hydrogen) atoms. The highest BCUT2D eigenvalue weighted by Crippen LogP contribution is 2.67. The molecule has 0 amide bonds. The Morgan fingerprint density at radius 2 is 1.65 bits per heavy atom. The van der Waals surface area contributed by atoms with Crippen LogP contribution in [0.15, 0.2) is 42.0 Å². The van der Waals surface area contributed by atoms with Crippen molar-refractivity contribution in [1.82, 2.24) is 0 Å². The summed E-state index contributed by atoms with van der Waals surface area (Å²) < 4.78 is 0. The van der Waals surface area contributed by atoms with Crippen molar-refractivity contribution in [2.45, 2.75) is 84.3 Å². The van der Waals surface area contributed by atoms with E-state index in [9.17, 15) is 24.6 Å². The number of carbonyl (C=O) groups excluding carboxylic acids is 3. The summed E-state index contributed by atoms with van der Waals surface area (Å²) >= 11 is 0. The lowest BCUT2D eigenvalue weighted by atomic mass is 9.46. The van der Waals surface area contributed by atoms with Crippen LogP contribution < -0.4 is 0 Å². The van der Waals surface area contributed by atoms with Gasteiger partial charge in [-0.25, -0.2) is 0 Å². The first-order valence-electron chi connectivity index (χ1n) is 12.7. The predicted octanol–water partition coefficient (Wildman–Crippen LogP) is 4.70. The molecule has 0 aliphatic heterocycles. The van der Waals surface area contributed by atoms with Crippen LogP contribution in [0.2, 0.25) is 0 Å². The van der Waals surface area contributed by atoms with Crippen LogP contribution in [0.1, 0.15) is 83.0 Å². The van der Waals surface area contributed by atoms with Crippen LogP contribution in [0.3, 0.4) is 0 Å². The normalized spacial score (nSPS) is 40.6. The zero-order valence-corrected chi connectivity index (χ0v) is 20.8. The lowest BCUT2D eigenvalue weighted by Gasteiger charge is -2.58. The number of hydrogen-bond acceptors (Lipinski definition) is 5. The predicted molar refractivity (Wildman–Crippen MR) is 130 cm³/mol. The Balaban J connectivity index is 0.000000257. The first kappa shape index (κ1) is 25.0. The van der Waals surface area contributed by atoms with Crippen molar-refractivity contribution in [2.75, 3.05) is 0 Å². The van der Waals surface area contributed by atoms with Crippen LogP contribution in [-0.2, 0) is 9.59 Å². The van der Waals surface area contributed by atoms with Crippen molar-refractivity contribution in [2.24, 2.45) is 28.6 Å². The summed E-state index contributed by atoms with van der Waals surface area (Å²) in [6.45, 7) is 7.31. The smallest absolute Gasteiger partial charge is 0.164 e. The monoisotopic (exact) mass is 466 g/mol. The molecule has 0 unspecified atom stereocenters. The van der Waals surface area contributed by atoms with E-state index in [1.807, 2.05) is 43.3 Å². The highest BCUT2D eigenvalue weighted by molar-refractivity contribution is 5.94. The zero-order valence-electron chi connectivity index (χ0n) is 20.8. The summed E-state index contributed by atoms with van der Waals surface area (Å²) in [6.07, 6.45) is 6.66. The van der Waals surface area contributed by atoms with Gasteiger partial charge in [0.15, 0.2) is 23.0 Å². The quantitative estimate of drug-likeness (QED) is 0.617. The van der Waals surface area contributed by atoms with E-state index >= 15 is 0 Å². The Morgan fingerprint density at radius 3 is 2.24 bits per heavy atom. The minimum absolute atomic E-state index is 0.0695. The van der Waals surface area contributed by atoms with Gasteiger partial charge in [0.1, 0.15) is 0 Å². The summed E-state index contributed by atoms with van der Waals surface area (Å²) in [5.74, 6) is 1.15. The second-order valence-electron chi connectivity index (χ2n) is 11.4. The second kappa shape index (κ2) is 8.83. The molecule has 0 aromatic heterocycles. The molecule has 0 heterocycles. The topological polar surface area (TPSA) is 91.7 Å². The summed E-state index contributed by atoms with van der Waals surface area (Å²) in [6, 6.07) is 9.23. The average Bonchev–Trinajstić information content (AvgIpc) is 3.02. The third-order valence-corrected chi connectivity index (χ3v) is 9.90. The number of carbonyl (C=O) groups is 3. The number of ketones is 3. The van der Waals surface area contributed by atoms with Gasteiger partial charge in [-0.2, -0.15) is 0 Å². The SMILES string of the molecule is CC(=O)[C@@]1(O)[C@H](O)C[C@H]2[C@@H]3CCC4=CC(=O)CC[C@]4(C)[C@H]3CC[C@@]21C.CC(=O)c1ccccc1. The number of rotatable bonds is 2. The fourth-order valence-electron chi connectivity index (χ4n) is 7.89. The molecule has 5 rings (SSSR count). The molecule has 1 aromatic carbocycles. The van der Waals surface area contributed by atoms with Gasteiger partial charge < -0.3 is 10.2 Å². The number of benzene rings is 1. The molecule has 0 bridgehead atoms. The lowest BCUT2D eigenvalue weighted by molar-refractivity contribution is -0.173. The van der Waals surface area contributed by atoms with Crippen molar-refractivity contribution in [3.63, 3.8) is 0 Å². The largest absolute Gasteiger partial charge is 0.390 e. The molecule has 0 saturated heterocycles. The van der Waals surface area contributed by atoms with Gasteiger partial charge in [0.05, 0.1) is 6.10 Å². The van der Waals surface area contributed by atoms with Crippen molar-refractivity contribution in [1.29, 1.82) is 0 Å².